The molecule has 0 spiro atoms. The zero-order valence-corrected chi connectivity index (χ0v) is 15.2. The number of hydrogen-bond donors (Lipinski definition) is 0. The van der Waals surface area contributed by atoms with E-state index in [2.05, 4.69) is 10.1 Å². The lowest BCUT2D eigenvalue weighted by molar-refractivity contribution is 0.0628. The minimum atomic E-state index is -3.54. The fraction of sp³-hybridized carbons (Fsp3) is 0.625. The van der Waals surface area contributed by atoms with Crippen LogP contribution in [0, 0.1) is 12.8 Å². The largest absolute Gasteiger partial charge is 0.381 e. The molecule has 3 heterocycles. The molecule has 0 aromatic carbocycles. The van der Waals surface area contributed by atoms with E-state index < -0.39 is 10.0 Å². The first-order valence-corrected chi connectivity index (χ1v) is 9.67. The molecule has 24 heavy (non-hydrogen) atoms. The van der Waals surface area contributed by atoms with Crippen LogP contribution in [0.4, 0.5) is 0 Å². The lowest BCUT2D eigenvalue weighted by atomic mass is 9.97. The predicted octanol–water partition coefficient (Wildman–Crippen LogP) is 1.71. The summed E-state index contributed by atoms with van der Waals surface area (Å²) in [6, 6.07) is 1.67. The number of nitrogens with zero attached hydrogens (tertiary/aromatic N) is 4. The lowest BCUT2D eigenvalue weighted by Crippen LogP contribution is -2.30. The number of pyridine rings is 1. The van der Waals surface area contributed by atoms with Gasteiger partial charge in [0, 0.05) is 45.4 Å². The van der Waals surface area contributed by atoms with E-state index in [1.54, 1.807) is 24.8 Å². The van der Waals surface area contributed by atoms with Crippen molar-refractivity contribution in [2.75, 3.05) is 26.8 Å². The Morgan fingerprint density at radius 2 is 2.08 bits per heavy atom. The van der Waals surface area contributed by atoms with Crippen LogP contribution in [0.15, 0.2) is 17.2 Å². The van der Waals surface area contributed by atoms with Gasteiger partial charge in [-0.2, -0.15) is 5.10 Å². The van der Waals surface area contributed by atoms with Crippen LogP contribution in [0.5, 0.6) is 0 Å². The SMILES string of the molecule is Cc1nn(C)c2ncc(S(=O)(=O)N(C)CCC3CCOCC3)cc12. The average molecular weight is 352 g/mol. The van der Waals surface area contributed by atoms with E-state index in [-0.39, 0.29) is 4.90 Å². The Bertz CT molecular complexity index is 825. The van der Waals surface area contributed by atoms with Crippen LogP contribution in [0.1, 0.15) is 25.0 Å². The standard InChI is InChI=1S/C16H24N4O3S/c1-12-15-10-14(11-17-16(15)20(3)18-12)24(21,22)19(2)7-4-13-5-8-23-9-6-13/h10-11,13H,4-9H2,1-3H3. The molecule has 7 nitrogen and oxygen atoms in total. The topological polar surface area (TPSA) is 77.3 Å². The van der Waals surface area contributed by atoms with Gasteiger partial charge in [-0.05, 0) is 38.2 Å². The van der Waals surface area contributed by atoms with Gasteiger partial charge in [-0.1, -0.05) is 0 Å². The monoisotopic (exact) mass is 352 g/mol. The highest BCUT2D eigenvalue weighted by Crippen LogP contribution is 2.23. The van der Waals surface area contributed by atoms with Crippen LogP contribution in [-0.2, 0) is 21.8 Å². The van der Waals surface area contributed by atoms with Crippen LogP contribution in [-0.4, -0.2) is 54.3 Å². The summed E-state index contributed by atoms with van der Waals surface area (Å²) in [5.41, 5.74) is 1.47. The van der Waals surface area contributed by atoms with Crippen LogP contribution in [0.25, 0.3) is 11.0 Å². The summed E-state index contributed by atoms with van der Waals surface area (Å²) in [6.45, 7) is 3.93. The van der Waals surface area contributed by atoms with Crippen molar-refractivity contribution in [2.24, 2.45) is 13.0 Å². The first kappa shape index (κ1) is 17.3. The Balaban J connectivity index is 1.77. The van der Waals surface area contributed by atoms with Crippen molar-refractivity contribution in [2.45, 2.75) is 31.1 Å². The maximum atomic E-state index is 12.8. The molecule has 1 aliphatic heterocycles. The summed E-state index contributed by atoms with van der Waals surface area (Å²) in [4.78, 5) is 4.50. The van der Waals surface area contributed by atoms with Gasteiger partial charge in [0.2, 0.25) is 10.0 Å². The number of aromatic nitrogens is 3. The lowest BCUT2D eigenvalue weighted by Gasteiger charge is -2.24. The Morgan fingerprint density at radius 1 is 1.38 bits per heavy atom. The summed E-state index contributed by atoms with van der Waals surface area (Å²) < 4.78 is 34.0. The third-order valence-electron chi connectivity index (χ3n) is 4.74. The Hall–Kier alpha value is -1.51. The van der Waals surface area contributed by atoms with Crippen molar-refractivity contribution < 1.29 is 13.2 Å². The van der Waals surface area contributed by atoms with Gasteiger partial charge in [-0.25, -0.2) is 17.7 Å². The smallest absolute Gasteiger partial charge is 0.244 e. The summed E-state index contributed by atoms with van der Waals surface area (Å²) >= 11 is 0. The Labute approximate surface area is 142 Å². The number of ether oxygens (including phenoxy) is 1. The molecule has 1 saturated heterocycles. The highest BCUT2D eigenvalue weighted by molar-refractivity contribution is 7.89. The molecule has 132 valence electrons. The van der Waals surface area contributed by atoms with Gasteiger partial charge < -0.3 is 4.74 Å². The van der Waals surface area contributed by atoms with E-state index in [9.17, 15) is 8.42 Å². The van der Waals surface area contributed by atoms with E-state index >= 15 is 0 Å². The van der Waals surface area contributed by atoms with Crippen molar-refractivity contribution in [3.05, 3.63) is 18.0 Å². The molecule has 0 radical (unpaired) electrons. The first-order chi connectivity index (χ1) is 11.4. The number of aryl methyl sites for hydroxylation is 2. The molecule has 0 saturated carbocycles. The predicted molar refractivity (Wildman–Crippen MR) is 91.2 cm³/mol. The summed E-state index contributed by atoms with van der Waals surface area (Å²) in [5, 5.41) is 5.06. The molecule has 0 N–H and O–H groups in total. The second kappa shape index (κ2) is 6.78. The Kier molecular flexibility index (Phi) is 4.89. The van der Waals surface area contributed by atoms with Crippen molar-refractivity contribution >= 4 is 21.1 Å². The van der Waals surface area contributed by atoms with E-state index in [0.29, 0.717) is 18.1 Å². The van der Waals surface area contributed by atoms with Crippen LogP contribution < -0.4 is 0 Å². The minimum absolute atomic E-state index is 0.223. The maximum Gasteiger partial charge on any atom is 0.244 e. The number of hydrogen-bond acceptors (Lipinski definition) is 5. The molecule has 1 aliphatic rings. The van der Waals surface area contributed by atoms with Gasteiger partial charge in [0.15, 0.2) is 5.65 Å². The van der Waals surface area contributed by atoms with Gasteiger partial charge in [-0.3, -0.25) is 4.68 Å². The maximum absolute atomic E-state index is 12.8. The van der Waals surface area contributed by atoms with Crippen LogP contribution in [0.2, 0.25) is 0 Å². The molecule has 1 fully saturated rings. The van der Waals surface area contributed by atoms with Crippen LogP contribution in [0.3, 0.4) is 0 Å². The summed E-state index contributed by atoms with van der Waals surface area (Å²) in [6.07, 6.45) is 4.30. The highest BCUT2D eigenvalue weighted by atomic mass is 32.2. The molecule has 8 heteroatoms. The molecule has 0 amide bonds. The average Bonchev–Trinajstić information content (AvgIpc) is 2.87. The van der Waals surface area contributed by atoms with E-state index in [1.807, 2.05) is 6.92 Å². The summed E-state index contributed by atoms with van der Waals surface area (Å²) in [7, 11) is -0.100. The number of rotatable bonds is 5. The molecule has 0 bridgehead atoms. The molecule has 0 aliphatic carbocycles. The van der Waals surface area contributed by atoms with Gasteiger partial charge in [0.1, 0.15) is 4.90 Å². The van der Waals surface area contributed by atoms with Crippen LogP contribution >= 0.6 is 0 Å². The van der Waals surface area contributed by atoms with Crippen molar-refractivity contribution in [3.63, 3.8) is 0 Å². The fourth-order valence-electron chi connectivity index (χ4n) is 3.13. The van der Waals surface area contributed by atoms with Crippen molar-refractivity contribution in [3.8, 4) is 0 Å². The third kappa shape index (κ3) is 3.31. The van der Waals surface area contributed by atoms with Crippen molar-refractivity contribution in [1.82, 2.24) is 19.1 Å². The molecule has 0 atom stereocenters. The first-order valence-electron chi connectivity index (χ1n) is 8.23. The molecule has 0 unspecified atom stereocenters. The van der Waals surface area contributed by atoms with Gasteiger partial charge in [0.05, 0.1) is 5.69 Å². The summed E-state index contributed by atoms with van der Waals surface area (Å²) in [5.74, 6) is 0.539. The second-order valence-corrected chi connectivity index (χ2v) is 8.47. The number of fused-ring (bicyclic) bond motifs is 1. The zero-order chi connectivity index (χ0) is 17.3. The minimum Gasteiger partial charge on any atom is -0.381 e. The quantitative estimate of drug-likeness (QED) is 0.819. The normalized spacial score (nSPS) is 17.0. The fourth-order valence-corrected chi connectivity index (χ4v) is 4.29. The van der Waals surface area contributed by atoms with Crippen molar-refractivity contribution in [1.29, 1.82) is 0 Å². The molecular formula is C16H24N4O3S. The zero-order valence-electron chi connectivity index (χ0n) is 14.4. The molecular weight excluding hydrogens is 328 g/mol. The highest BCUT2D eigenvalue weighted by Gasteiger charge is 2.24. The van der Waals surface area contributed by atoms with E-state index in [4.69, 9.17) is 4.74 Å². The van der Waals surface area contributed by atoms with Gasteiger partial charge in [-0.15, -0.1) is 0 Å². The van der Waals surface area contributed by atoms with Gasteiger partial charge in [0.25, 0.3) is 0 Å². The molecule has 2 aromatic rings. The molecule has 3 rings (SSSR count). The van der Waals surface area contributed by atoms with E-state index in [0.717, 1.165) is 43.6 Å². The molecule has 2 aromatic heterocycles. The van der Waals surface area contributed by atoms with Gasteiger partial charge >= 0.3 is 0 Å². The Morgan fingerprint density at radius 3 is 2.79 bits per heavy atom. The third-order valence-corrected chi connectivity index (χ3v) is 6.56. The second-order valence-electron chi connectivity index (χ2n) is 6.42. The number of sulfonamides is 1. The van der Waals surface area contributed by atoms with E-state index in [1.165, 1.54) is 10.5 Å².